The third kappa shape index (κ3) is 4.63. The highest BCUT2D eigenvalue weighted by molar-refractivity contribution is 5.71. The smallest absolute Gasteiger partial charge is 0.344 e. The van der Waals surface area contributed by atoms with E-state index in [0.717, 1.165) is 12.8 Å². The van der Waals surface area contributed by atoms with Crippen LogP contribution in [0.15, 0.2) is 36.4 Å². The van der Waals surface area contributed by atoms with Crippen molar-refractivity contribution in [3.05, 3.63) is 58.7 Å². The second-order valence-corrected chi connectivity index (χ2v) is 10.8. The predicted molar refractivity (Wildman–Crippen MR) is 133 cm³/mol. The predicted octanol–water partition coefficient (Wildman–Crippen LogP) is 5.22. The SMILES string of the molecule is CCOC(=O)COc1ccc2c(c1)C1(CC2(C)C)CC(C)(C)c2ccc(OCC(=O)OCC)cc21. The van der Waals surface area contributed by atoms with Gasteiger partial charge in [-0.2, -0.15) is 0 Å². The van der Waals surface area contributed by atoms with Crippen LogP contribution in [-0.4, -0.2) is 38.4 Å². The Hall–Kier alpha value is -3.02. The van der Waals surface area contributed by atoms with Crippen molar-refractivity contribution in [1.29, 1.82) is 0 Å². The van der Waals surface area contributed by atoms with Gasteiger partial charge in [-0.15, -0.1) is 0 Å². The van der Waals surface area contributed by atoms with E-state index >= 15 is 0 Å². The number of rotatable bonds is 8. The van der Waals surface area contributed by atoms with Crippen molar-refractivity contribution < 1.29 is 28.5 Å². The molecule has 0 atom stereocenters. The molecule has 6 heteroatoms. The summed E-state index contributed by atoms with van der Waals surface area (Å²) in [6.45, 7) is 13.1. The molecular weight excluding hydrogens is 444 g/mol. The van der Waals surface area contributed by atoms with Crippen LogP contribution in [0.1, 0.15) is 76.6 Å². The molecule has 0 aliphatic heterocycles. The third-order valence-electron chi connectivity index (χ3n) is 7.28. The number of ether oxygens (including phenoxy) is 4. The number of carbonyl (C=O) groups is 2. The second kappa shape index (κ2) is 9.21. The van der Waals surface area contributed by atoms with Gasteiger partial charge in [-0.3, -0.25) is 0 Å². The maximum atomic E-state index is 11.8. The van der Waals surface area contributed by atoms with E-state index in [9.17, 15) is 9.59 Å². The molecule has 4 rings (SSSR count). The fourth-order valence-electron chi connectivity index (χ4n) is 6.18. The lowest BCUT2D eigenvalue weighted by molar-refractivity contribution is -0.146. The third-order valence-corrected chi connectivity index (χ3v) is 7.28. The zero-order valence-electron chi connectivity index (χ0n) is 21.7. The second-order valence-electron chi connectivity index (χ2n) is 10.8. The van der Waals surface area contributed by atoms with Crippen LogP contribution in [0.5, 0.6) is 11.5 Å². The molecule has 0 bridgehead atoms. The molecule has 6 nitrogen and oxygen atoms in total. The van der Waals surface area contributed by atoms with Crippen molar-refractivity contribution in [2.45, 2.75) is 70.6 Å². The quantitative estimate of drug-likeness (QED) is 0.483. The van der Waals surface area contributed by atoms with Crippen LogP contribution in [0, 0.1) is 0 Å². The molecule has 0 aromatic heterocycles. The van der Waals surface area contributed by atoms with E-state index in [1.807, 2.05) is 12.1 Å². The molecule has 2 aromatic rings. The Kier molecular flexibility index (Phi) is 6.60. The summed E-state index contributed by atoms with van der Waals surface area (Å²) in [6.07, 6.45) is 1.91. The minimum absolute atomic E-state index is 0.0332. The Balaban J connectivity index is 1.73. The molecule has 2 aliphatic rings. The monoisotopic (exact) mass is 480 g/mol. The van der Waals surface area contributed by atoms with Gasteiger partial charge < -0.3 is 18.9 Å². The van der Waals surface area contributed by atoms with E-state index in [1.54, 1.807) is 13.8 Å². The van der Waals surface area contributed by atoms with Gasteiger partial charge in [0.05, 0.1) is 13.2 Å². The van der Waals surface area contributed by atoms with Gasteiger partial charge in [-0.05, 0) is 84.0 Å². The van der Waals surface area contributed by atoms with Crippen molar-refractivity contribution in [1.82, 2.24) is 0 Å². The van der Waals surface area contributed by atoms with Gasteiger partial charge in [0.2, 0.25) is 0 Å². The molecule has 188 valence electrons. The lowest BCUT2D eigenvalue weighted by atomic mass is 9.72. The number of carbonyl (C=O) groups excluding carboxylic acids is 2. The highest BCUT2D eigenvalue weighted by atomic mass is 16.6. The van der Waals surface area contributed by atoms with Gasteiger partial charge in [-0.25, -0.2) is 9.59 Å². The lowest BCUT2D eigenvalue weighted by Crippen LogP contribution is -2.27. The molecule has 0 N–H and O–H groups in total. The zero-order chi connectivity index (χ0) is 25.4. The van der Waals surface area contributed by atoms with Crippen LogP contribution in [0.2, 0.25) is 0 Å². The summed E-state index contributed by atoms with van der Waals surface area (Å²) < 4.78 is 21.7. The van der Waals surface area contributed by atoms with Crippen molar-refractivity contribution >= 4 is 11.9 Å². The molecule has 0 amide bonds. The van der Waals surface area contributed by atoms with Crippen LogP contribution in [0.25, 0.3) is 0 Å². The summed E-state index contributed by atoms with van der Waals surface area (Å²) in [5.41, 5.74) is 4.77. The maximum Gasteiger partial charge on any atom is 0.344 e. The average Bonchev–Trinajstić information content (AvgIpc) is 3.16. The van der Waals surface area contributed by atoms with Crippen LogP contribution in [0.3, 0.4) is 0 Å². The standard InChI is InChI=1S/C29H36O6/c1-7-32-25(30)15-34-19-9-11-21-23(13-19)29(17-27(21,3)4)18-28(5,6)22-12-10-20(14-24(22)29)35-16-26(31)33-8-2/h9-14H,7-8,15-18H2,1-6H3. The first-order valence-electron chi connectivity index (χ1n) is 12.4. The number of hydrogen-bond donors (Lipinski definition) is 0. The summed E-state index contributed by atoms with van der Waals surface area (Å²) in [4.78, 5) is 23.7. The number of hydrogen-bond acceptors (Lipinski definition) is 6. The summed E-state index contributed by atoms with van der Waals surface area (Å²) in [5.74, 6) is 0.572. The van der Waals surface area contributed by atoms with Gasteiger partial charge in [-0.1, -0.05) is 39.8 Å². The van der Waals surface area contributed by atoms with E-state index in [1.165, 1.54) is 22.3 Å². The summed E-state index contributed by atoms with van der Waals surface area (Å²) in [7, 11) is 0. The topological polar surface area (TPSA) is 71.1 Å². The lowest BCUT2D eigenvalue weighted by Gasteiger charge is -2.30. The van der Waals surface area contributed by atoms with E-state index in [4.69, 9.17) is 18.9 Å². The molecule has 0 saturated heterocycles. The molecule has 0 radical (unpaired) electrons. The Labute approximate surface area is 207 Å². The fourth-order valence-corrected chi connectivity index (χ4v) is 6.18. The van der Waals surface area contributed by atoms with E-state index < -0.39 is 0 Å². The minimum atomic E-state index is -0.376. The zero-order valence-corrected chi connectivity index (χ0v) is 21.7. The first-order valence-corrected chi connectivity index (χ1v) is 12.4. The maximum absolute atomic E-state index is 11.8. The molecule has 0 heterocycles. The van der Waals surface area contributed by atoms with Gasteiger partial charge in [0.25, 0.3) is 0 Å². The van der Waals surface area contributed by atoms with Gasteiger partial charge >= 0.3 is 11.9 Å². The van der Waals surface area contributed by atoms with E-state index in [0.29, 0.717) is 24.7 Å². The first kappa shape index (κ1) is 25.1. The molecule has 35 heavy (non-hydrogen) atoms. The molecule has 0 unspecified atom stereocenters. The van der Waals surface area contributed by atoms with E-state index in [-0.39, 0.29) is 41.4 Å². The minimum Gasteiger partial charge on any atom is -0.482 e. The Morgan fingerprint density at radius 2 is 1.09 bits per heavy atom. The van der Waals surface area contributed by atoms with Crippen LogP contribution < -0.4 is 9.47 Å². The molecule has 0 saturated carbocycles. The highest BCUT2D eigenvalue weighted by Gasteiger charge is 2.56. The number of esters is 2. The van der Waals surface area contributed by atoms with Gasteiger partial charge in [0.1, 0.15) is 11.5 Å². The average molecular weight is 481 g/mol. The molecule has 0 fully saturated rings. The highest BCUT2D eigenvalue weighted by Crippen LogP contribution is 2.63. The van der Waals surface area contributed by atoms with Crippen LogP contribution in [-0.2, 0) is 35.3 Å². The van der Waals surface area contributed by atoms with Crippen molar-refractivity contribution in [2.24, 2.45) is 0 Å². The van der Waals surface area contributed by atoms with Crippen LogP contribution >= 0.6 is 0 Å². The van der Waals surface area contributed by atoms with Crippen molar-refractivity contribution in [3.63, 3.8) is 0 Å². The molecular formula is C29H36O6. The molecule has 2 aliphatic carbocycles. The Morgan fingerprint density at radius 3 is 1.46 bits per heavy atom. The number of fused-ring (bicyclic) bond motifs is 4. The van der Waals surface area contributed by atoms with Gasteiger partial charge in [0.15, 0.2) is 13.2 Å². The van der Waals surface area contributed by atoms with Gasteiger partial charge in [0, 0.05) is 5.41 Å². The largest absolute Gasteiger partial charge is 0.482 e. The Bertz CT molecular complexity index is 1040. The fraction of sp³-hybridized carbons (Fsp3) is 0.517. The first-order chi connectivity index (χ1) is 16.5. The molecule has 1 spiro atoms. The Morgan fingerprint density at radius 1 is 0.686 bits per heavy atom. The molecule has 2 aromatic carbocycles. The van der Waals surface area contributed by atoms with Crippen molar-refractivity contribution in [3.8, 4) is 11.5 Å². The van der Waals surface area contributed by atoms with Crippen LogP contribution in [0.4, 0.5) is 0 Å². The summed E-state index contributed by atoms with van der Waals surface area (Å²) in [6, 6.07) is 12.4. The van der Waals surface area contributed by atoms with Crippen molar-refractivity contribution in [2.75, 3.05) is 26.4 Å². The number of benzene rings is 2. The summed E-state index contributed by atoms with van der Waals surface area (Å²) >= 11 is 0. The normalized spacial score (nSPS) is 18.0. The summed E-state index contributed by atoms with van der Waals surface area (Å²) in [5, 5.41) is 0. The van der Waals surface area contributed by atoms with E-state index in [2.05, 4.69) is 52.0 Å².